The lowest BCUT2D eigenvalue weighted by Crippen LogP contribution is -2.47. The lowest BCUT2D eigenvalue weighted by atomic mass is 10.1. The first kappa shape index (κ1) is 17.4. The van der Waals surface area contributed by atoms with E-state index in [1.54, 1.807) is 6.07 Å². The summed E-state index contributed by atoms with van der Waals surface area (Å²) in [6, 6.07) is 7.89. The summed E-state index contributed by atoms with van der Waals surface area (Å²) in [4.78, 5) is 25.7. The van der Waals surface area contributed by atoms with Crippen LogP contribution in [0.25, 0.3) is 0 Å². The third-order valence-electron chi connectivity index (χ3n) is 4.58. The number of hydrogen-bond acceptors (Lipinski definition) is 5. The molecule has 1 aromatic heterocycles. The molecule has 2 aromatic rings. The zero-order chi connectivity index (χ0) is 18.0. The zero-order valence-electron chi connectivity index (χ0n) is 15.3. The van der Waals surface area contributed by atoms with Crippen LogP contribution in [-0.4, -0.2) is 58.9 Å². The summed E-state index contributed by atoms with van der Waals surface area (Å²) in [5.74, 6) is 1.22. The molecule has 6 nitrogen and oxygen atoms in total. The van der Waals surface area contributed by atoms with Crippen molar-refractivity contribution in [1.82, 2.24) is 19.8 Å². The highest BCUT2D eigenvalue weighted by atomic mass is 16.2. The Bertz CT molecular complexity index is 761. The highest BCUT2D eigenvalue weighted by molar-refractivity contribution is 5.93. The molecule has 1 aliphatic heterocycles. The minimum atomic E-state index is -0.0249. The van der Waals surface area contributed by atoms with Crippen molar-refractivity contribution >= 4 is 17.4 Å². The molecule has 0 radical (unpaired) electrons. The minimum absolute atomic E-state index is 0.0249. The van der Waals surface area contributed by atoms with Crippen LogP contribution < -0.4 is 5.32 Å². The number of likely N-dealkylation sites (N-methyl/N-ethyl adjacent to an activating group) is 1. The van der Waals surface area contributed by atoms with E-state index in [1.807, 2.05) is 17.9 Å². The Morgan fingerprint density at radius 1 is 1.04 bits per heavy atom. The van der Waals surface area contributed by atoms with Crippen molar-refractivity contribution in [3.63, 3.8) is 0 Å². The highest BCUT2D eigenvalue weighted by Gasteiger charge is 2.22. The van der Waals surface area contributed by atoms with Crippen LogP contribution in [0.15, 0.2) is 24.3 Å². The first-order chi connectivity index (χ1) is 11.9. The van der Waals surface area contributed by atoms with Crippen LogP contribution in [-0.2, 0) is 0 Å². The largest absolute Gasteiger partial charge is 0.340 e. The number of benzene rings is 1. The number of piperazine rings is 1. The smallest absolute Gasteiger partial charge is 0.272 e. The Labute approximate surface area is 148 Å². The highest BCUT2D eigenvalue weighted by Crippen LogP contribution is 2.24. The van der Waals surface area contributed by atoms with Gasteiger partial charge in [-0.15, -0.1) is 0 Å². The maximum absolute atomic E-state index is 12.8. The number of aryl methyl sites for hydroxylation is 3. The maximum atomic E-state index is 12.8. The van der Waals surface area contributed by atoms with Gasteiger partial charge in [0.05, 0.1) is 0 Å². The van der Waals surface area contributed by atoms with Crippen LogP contribution >= 0.6 is 0 Å². The SMILES string of the molecule is Cc1nc(Nc2c(C)cccc2C)cc(C(=O)N2CCN(C)CC2)n1. The molecule has 132 valence electrons. The Hall–Kier alpha value is -2.47. The van der Waals surface area contributed by atoms with Gasteiger partial charge < -0.3 is 15.1 Å². The van der Waals surface area contributed by atoms with E-state index >= 15 is 0 Å². The topological polar surface area (TPSA) is 61.4 Å². The molecule has 3 rings (SSSR count). The van der Waals surface area contributed by atoms with Crippen LogP contribution in [0.1, 0.15) is 27.4 Å². The molecule has 2 heterocycles. The van der Waals surface area contributed by atoms with E-state index < -0.39 is 0 Å². The normalized spacial score (nSPS) is 15.3. The van der Waals surface area contributed by atoms with Crippen molar-refractivity contribution in [2.24, 2.45) is 0 Å². The summed E-state index contributed by atoms with van der Waals surface area (Å²) >= 11 is 0. The molecule has 0 saturated carbocycles. The molecule has 0 atom stereocenters. The van der Waals surface area contributed by atoms with E-state index in [0.29, 0.717) is 17.3 Å². The van der Waals surface area contributed by atoms with Crippen molar-refractivity contribution in [1.29, 1.82) is 0 Å². The molecule has 25 heavy (non-hydrogen) atoms. The first-order valence-electron chi connectivity index (χ1n) is 8.61. The molecule has 1 N–H and O–H groups in total. The van der Waals surface area contributed by atoms with Gasteiger partial charge in [0.2, 0.25) is 0 Å². The third-order valence-corrected chi connectivity index (χ3v) is 4.58. The van der Waals surface area contributed by atoms with E-state index in [-0.39, 0.29) is 5.91 Å². The van der Waals surface area contributed by atoms with Crippen LogP contribution in [0.2, 0.25) is 0 Å². The fourth-order valence-corrected chi connectivity index (χ4v) is 3.05. The van der Waals surface area contributed by atoms with Gasteiger partial charge in [-0.3, -0.25) is 4.79 Å². The summed E-state index contributed by atoms with van der Waals surface area (Å²) in [7, 11) is 2.07. The van der Waals surface area contributed by atoms with Crippen molar-refractivity contribution in [2.75, 3.05) is 38.5 Å². The zero-order valence-corrected chi connectivity index (χ0v) is 15.3. The van der Waals surface area contributed by atoms with Gasteiger partial charge in [-0.05, 0) is 38.9 Å². The minimum Gasteiger partial charge on any atom is -0.340 e. The average molecular weight is 339 g/mol. The molecule has 1 fully saturated rings. The Morgan fingerprint density at radius 3 is 2.32 bits per heavy atom. The average Bonchev–Trinajstić information content (AvgIpc) is 2.58. The molecule has 1 aliphatic rings. The van der Waals surface area contributed by atoms with Gasteiger partial charge in [0, 0.05) is 37.9 Å². The van der Waals surface area contributed by atoms with E-state index in [4.69, 9.17) is 0 Å². The third kappa shape index (κ3) is 3.96. The molecule has 0 bridgehead atoms. The Balaban J connectivity index is 1.84. The van der Waals surface area contributed by atoms with Gasteiger partial charge in [0.15, 0.2) is 0 Å². The number of rotatable bonds is 3. The summed E-state index contributed by atoms with van der Waals surface area (Å²) in [6.07, 6.45) is 0. The number of hydrogen-bond donors (Lipinski definition) is 1. The Morgan fingerprint density at radius 2 is 1.68 bits per heavy atom. The molecule has 1 aromatic carbocycles. The molecular weight excluding hydrogens is 314 g/mol. The van der Waals surface area contributed by atoms with E-state index in [0.717, 1.165) is 43.0 Å². The second kappa shape index (κ2) is 7.19. The predicted molar refractivity (Wildman–Crippen MR) is 99.4 cm³/mol. The maximum Gasteiger partial charge on any atom is 0.272 e. The molecular formula is C19H25N5O. The standard InChI is InChI=1S/C19H25N5O/c1-13-6-5-7-14(2)18(13)22-17-12-16(20-15(3)21-17)19(25)24-10-8-23(4)9-11-24/h5-7,12H,8-11H2,1-4H3,(H,20,21,22). The molecule has 0 spiro atoms. The number of anilines is 2. The van der Waals surface area contributed by atoms with Crippen molar-refractivity contribution in [3.8, 4) is 0 Å². The number of nitrogens with one attached hydrogen (secondary N) is 1. The van der Waals surface area contributed by atoms with Crippen LogP contribution in [0.5, 0.6) is 0 Å². The van der Waals surface area contributed by atoms with Crippen molar-refractivity contribution < 1.29 is 4.79 Å². The van der Waals surface area contributed by atoms with E-state index in [2.05, 4.69) is 53.2 Å². The lowest BCUT2D eigenvalue weighted by Gasteiger charge is -2.32. The number of aromatic nitrogens is 2. The van der Waals surface area contributed by atoms with E-state index in [9.17, 15) is 4.79 Å². The number of carbonyl (C=O) groups is 1. The fourth-order valence-electron chi connectivity index (χ4n) is 3.05. The van der Waals surface area contributed by atoms with Gasteiger partial charge in [0.1, 0.15) is 17.3 Å². The van der Waals surface area contributed by atoms with Crippen LogP contribution in [0.3, 0.4) is 0 Å². The first-order valence-corrected chi connectivity index (χ1v) is 8.61. The Kier molecular flexibility index (Phi) is 4.99. The number of para-hydroxylation sites is 1. The van der Waals surface area contributed by atoms with Crippen molar-refractivity contribution in [2.45, 2.75) is 20.8 Å². The van der Waals surface area contributed by atoms with Gasteiger partial charge >= 0.3 is 0 Å². The monoisotopic (exact) mass is 339 g/mol. The summed E-state index contributed by atoms with van der Waals surface area (Å²) in [5.41, 5.74) is 3.76. The van der Waals surface area contributed by atoms with Crippen LogP contribution in [0.4, 0.5) is 11.5 Å². The molecule has 0 unspecified atom stereocenters. The van der Waals surface area contributed by atoms with Crippen molar-refractivity contribution in [3.05, 3.63) is 46.9 Å². The van der Waals surface area contributed by atoms with E-state index in [1.165, 1.54) is 0 Å². The molecule has 1 amide bonds. The van der Waals surface area contributed by atoms with Gasteiger partial charge in [0.25, 0.3) is 5.91 Å². The van der Waals surface area contributed by atoms with Gasteiger partial charge in [-0.2, -0.15) is 0 Å². The molecule has 6 heteroatoms. The summed E-state index contributed by atoms with van der Waals surface area (Å²) in [6.45, 7) is 9.18. The second-order valence-electron chi connectivity index (χ2n) is 6.67. The van der Waals surface area contributed by atoms with Gasteiger partial charge in [-0.1, -0.05) is 18.2 Å². The number of amides is 1. The predicted octanol–water partition coefficient (Wildman–Crippen LogP) is 2.53. The summed E-state index contributed by atoms with van der Waals surface area (Å²) < 4.78 is 0. The quantitative estimate of drug-likeness (QED) is 0.931. The summed E-state index contributed by atoms with van der Waals surface area (Å²) in [5, 5.41) is 3.36. The second-order valence-corrected chi connectivity index (χ2v) is 6.67. The molecule has 1 saturated heterocycles. The lowest BCUT2D eigenvalue weighted by molar-refractivity contribution is 0.0658. The number of carbonyl (C=O) groups excluding carboxylic acids is 1. The van der Waals surface area contributed by atoms with Crippen LogP contribution in [0, 0.1) is 20.8 Å². The molecule has 0 aliphatic carbocycles. The van der Waals surface area contributed by atoms with Gasteiger partial charge in [-0.25, -0.2) is 9.97 Å². The fraction of sp³-hybridized carbons (Fsp3) is 0.421. The number of nitrogens with zero attached hydrogens (tertiary/aromatic N) is 4.